The fourth-order valence-electron chi connectivity index (χ4n) is 1.60. The monoisotopic (exact) mass is 183 g/mol. The fourth-order valence-corrected chi connectivity index (χ4v) is 1.60. The summed E-state index contributed by atoms with van der Waals surface area (Å²) in [5, 5.41) is 0. The molecule has 1 nitrogen and oxygen atoms in total. The average molecular weight is 183 g/mol. The first-order valence-corrected chi connectivity index (χ1v) is 4.76. The number of hydrogen-bond donors (Lipinski definition) is 0. The van der Waals surface area contributed by atoms with E-state index >= 15 is 0 Å². The number of allylic oxidation sites excluding steroid dienone is 3. The lowest BCUT2D eigenvalue weighted by Gasteiger charge is -2.08. The minimum Gasteiger partial charge on any atom is -0.262 e. The Balaban J connectivity index is 2.64. The van der Waals surface area contributed by atoms with Gasteiger partial charge in [0, 0.05) is 11.9 Å². The van der Waals surface area contributed by atoms with Crippen LogP contribution in [0.2, 0.25) is 0 Å². The van der Waals surface area contributed by atoms with Crippen molar-refractivity contribution < 1.29 is 0 Å². The molecule has 2 rings (SSSR count). The second-order valence-corrected chi connectivity index (χ2v) is 3.50. The molecule has 0 fully saturated rings. The van der Waals surface area contributed by atoms with Crippen LogP contribution in [0.5, 0.6) is 0 Å². The third kappa shape index (κ3) is 1.67. The summed E-state index contributed by atoms with van der Waals surface area (Å²) in [5.41, 5.74) is 4.84. The molecule has 70 valence electrons. The van der Waals surface area contributed by atoms with Gasteiger partial charge in [-0.15, -0.1) is 0 Å². The molecule has 0 aromatic heterocycles. The largest absolute Gasteiger partial charge is 0.262 e. The van der Waals surface area contributed by atoms with E-state index in [1.54, 1.807) is 0 Å². The van der Waals surface area contributed by atoms with Crippen LogP contribution in [0.25, 0.3) is 11.6 Å². The molecular formula is C13H13N. The van der Waals surface area contributed by atoms with Gasteiger partial charge in [0.05, 0.1) is 0 Å². The second-order valence-electron chi connectivity index (χ2n) is 3.50. The predicted molar refractivity (Wildman–Crippen MR) is 62.2 cm³/mol. The zero-order valence-corrected chi connectivity index (χ0v) is 8.49. The van der Waals surface area contributed by atoms with Crippen LogP contribution in [0.3, 0.4) is 0 Å². The highest BCUT2D eigenvalue weighted by molar-refractivity contribution is 5.88. The molecular weight excluding hydrogens is 170 g/mol. The number of nitrogens with zero attached hydrogens (tertiary/aromatic N) is 1. The van der Waals surface area contributed by atoms with Crippen LogP contribution >= 0.6 is 0 Å². The van der Waals surface area contributed by atoms with Gasteiger partial charge in [0.1, 0.15) is 0 Å². The molecule has 14 heavy (non-hydrogen) atoms. The van der Waals surface area contributed by atoms with Crippen molar-refractivity contribution in [1.82, 2.24) is 0 Å². The van der Waals surface area contributed by atoms with Crippen molar-refractivity contribution >= 4 is 17.9 Å². The van der Waals surface area contributed by atoms with E-state index in [0.717, 1.165) is 5.70 Å². The Morgan fingerprint density at radius 2 is 1.86 bits per heavy atom. The predicted octanol–water partition coefficient (Wildman–Crippen LogP) is 3.54. The highest BCUT2D eigenvalue weighted by Crippen LogP contribution is 2.22. The molecule has 0 aliphatic carbocycles. The fraction of sp³-hybridized carbons (Fsp3) is 0.154. The van der Waals surface area contributed by atoms with Crippen molar-refractivity contribution in [3.8, 4) is 0 Å². The van der Waals surface area contributed by atoms with Crippen molar-refractivity contribution in [3.05, 3.63) is 47.2 Å². The molecule has 0 saturated carbocycles. The van der Waals surface area contributed by atoms with Gasteiger partial charge in [0.25, 0.3) is 0 Å². The summed E-state index contributed by atoms with van der Waals surface area (Å²) in [4.78, 5) is 4.29. The first-order valence-electron chi connectivity index (χ1n) is 4.76. The molecule has 0 N–H and O–H groups in total. The van der Waals surface area contributed by atoms with E-state index in [2.05, 4.69) is 48.3 Å². The molecule has 1 heterocycles. The van der Waals surface area contributed by atoms with E-state index in [4.69, 9.17) is 0 Å². The molecule has 0 bridgehead atoms. The summed E-state index contributed by atoms with van der Waals surface area (Å²) in [6, 6.07) is 8.39. The zero-order valence-electron chi connectivity index (χ0n) is 8.49. The van der Waals surface area contributed by atoms with E-state index in [1.807, 2.05) is 13.1 Å². The Morgan fingerprint density at radius 1 is 1.07 bits per heavy atom. The Kier molecular flexibility index (Phi) is 2.32. The lowest BCUT2D eigenvalue weighted by molar-refractivity contribution is 1.33. The standard InChI is InChI=1S/C13H13N/c1-10-7-8-14-11(2)9-12-5-3-4-6-13(10)12/h3-9H,1-2H3. The maximum Gasteiger partial charge on any atom is 0.0378 e. The lowest BCUT2D eigenvalue weighted by atomic mass is 9.99. The first kappa shape index (κ1) is 8.95. The summed E-state index contributed by atoms with van der Waals surface area (Å²) in [7, 11) is 0. The van der Waals surface area contributed by atoms with E-state index in [1.165, 1.54) is 16.7 Å². The Morgan fingerprint density at radius 3 is 2.71 bits per heavy atom. The topological polar surface area (TPSA) is 12.4 Å². The summed E-state index contributed by atoms with van der Waals surface area (Å²) in [6.07, 6.45) is 6.02. The third-order valence-electron chi connectivity index (χ3n) is 2.35. The molecule has 0 atom stereocenters. The number of fused-ring (bicyclic) bond motifs is 1. The van der Waals surface area contributed by atoms with Gasteiger partial charge in [-0.05, 0) is 42.7 Å². The minimum absolute atomic E-state index is 1.04. The molecule has 0 amide bonds. The van der Waals surface area contributed by atoms with Gasteiger partial charge >= 0.3 is 0 Å². The first-order chi connectivity index (χ1) is 6.77. The molecule has 1 aromatic rings. The minimum atomic E-state index is 1.04. The highest BCUT2D eigenvalue weighted by Gasteiger charge is 2.02. The Labute approximate surface area is 84.5 Å². The van der Waals surface area contributed by atoms with Gasteiger partial charge in [-0.1, -0.05) is 24.3 Å². The molecule has 1 aliphatic rings. The molecule has 0 unspecified atom stereocenters. The van der Waals surface area contributed by atoms with Gasteiger partial charge in [0.15, 0.2) is 0 Å². The van der Waals surface area contributed by atoms with Crippen LogP contribution in [0.1, 0.15) is 25.0 Å². The van der Waals surface area contributed by atoms with Crippen molar-refractivity contribution in [3.63, 3.8) is 0 Å². The molecule has 1 aromatic carbocycles. The van der Waals surface area contributed by atoms with Crippen molar-refractivity contribution in [2.24, 2.45) is 4.99 Å². The van der Waals surface area contributed by atoms with Crippen LogP contribution in [-0.2, 0) is 0 Å². The molecule has 1 aliphatic heterocycles. The molecule has 0 saturated heterocycles. The van der Waals surface area contributed by atoms with Crippen LogP contribution in [0.4, 0.5) is 0 Å². The van der Waals surface area contributed by atoms with E-state index in [-0.39, 0.29) is 0 Å². The van der Waals surface area contributed by atoms with Crippen molar-refractivity contribution in [1.29, 1.82) is 0 Å². The number of benzene rings is 1. The lowest BCUT2D eigenvalue weighted by Crippen LogP contribution is -1.89. The van der Waals surface area contributed by atoms with Crippen LogP contribution in [0.15, 0.2) is 41.0 Å². The van der Waals surface area contributed by atoms with E-state index in [9.17, 15) is 0 Å². The summed E-state index contributed by atoms with van der Waals surface area (Å²) in [6.45, 7) is 4.13. The SMILES string of the molecule is CC1=Cc2ccccc2C(C)=CC=N1. The third-order valence-corrected chi connectivity index (χ3v) is 2.35. The normalized spacial score (nSPS) is 15.0. The van der Waals surface area contributed by atoms with Crippen LogP contribution in [-0.4, -0.2) is 6.21 Å². The number of rotatable bonds is 0. The van der Waals surface area contributed by atoms with Crippen molar-refractivity contribution in [2.45, 2.75) is 13.8 Å². The highest BCUT2D eigenvalue weighted by atomic mass is 14.7. The summed E-state index contributed by atoms with van der Waals surface area (Å²) in [5.74, 6) is 0. The Hall–Kier alpha value is -1.63. The molecule has 1 heteroatoms. The summed E-state index contributed by atoms with van der Waals surface area (Å²) >= 11 is 0. The van der Waals surface area contributed by atoms with Crippen LogP contribution < -0.4 is 0 Å². The maximum atomic E-state index is 4.29. The van der Waals surface area contributed by atoms with Gasteiger partial charge in [0.2, 0.25) is 0 Å². The van der Waals surface area contributed by atoms with Gasteiger partial charge in [-0.25, -0.2) is 0 Å². The van der Waals surface area contributed by atoms with Gasteiger partial charge < -0.3 is 0 Å². The van der Waals surface area contributed by atoms with Gasteiger partial charge in [-0.2, -0.15) is 0 Å². The summed E-state index contributed by atoms with van der Waals surface area (Å²) < 4.78 is 0. The number of aliphatic imine (C=N–C) groups is 1. The zero-order chi connectivity index (χ0) is 9.97. The molecule has 0 radical (unpaired) electrons. The van der Waals surface area contributed by atoms with Crippen molar-refractivity contribution in [2.75, 3.05) is 0 Å². The smallest absolute Gasteiger partial charge is 0.0378 e. The average Bonchev–Trinajstić information content (AvgIpc) is 2.16. The van der Waals surface area contributed by atoms with E-state index < -0.39 is 0 Å². The number of hydrogen-bond acceptors (Lipinski definition) is 1. The Bertz CT molecular complexity index is 436. The van der Waals surface area contributed by atoms with E-state index in [0.29, 0.717) is 0 Å². The quantitative estimate of drug-likeness (QED) is 0.583. The maximum absolute atomic E-state index is 4.29. The molecule has 0 spiro atoms. The van der Waals surface area contributed by atoms with Crippen LogP contribution in [0, 0.1) is 0 Å². The second kappa shape index (κ2) is 3.62. The van der Waals surface area contributed by atoms with Gasteiger partial charge in [-0.3, -0.25) is 4.99 Å².